The number of aromatic nitrogens is 1. The minimum atomic E-state index is -4.73. The molecule has 1 heterocycles. The van der Waals surface area contributed by atoms with Crippen LogP contribution in [0.5, 0.6) is 0 Å². The monoisotopic (exact) mass is 304 g/mol. The van der Waals surface area contributed by atoms with Crippen molar-refractivity contribution in [2.45, 2.75) is 26.4 Å². The molecule has 0 atom stereocenters. The first-order valence-corrected chi connectivity index (χ1v) is 6.09. The van der Waals surface area contributed by atoms with E-state index >= 15 is 0 Å². The molecule has 21 heavy (non-hydrogen) atoms. The van der Waals surface area contributed by atoms with Crippen LogP contribution in [0.3, 0.4) is 0 Å². The van der Waals surface area contributed by atoms with E-state index in [9.17, 15) is 22.8 Å². The summed E-state index contributed by atoms with van der Waals surface area (Å²) >= 11 is 0. The third-order valence-corrected chi connectivity index (χ3v) is 2.94. The standard InChI is InChI=1S/C13H15F3N2O3/c1-12(2,11(20)21)5-7-18-10(19)8-4-3-6-17-9(8)13(14,15)16/h3-4,6H,5,7H2,1-2H3,(H,18,19)(H,20,21). The summed E-state index contributed by atoms with van der Waals surface area (Å²) in [6.07, 6.45) is -3.68. The number of pyridine rings is 1. The molecule has 116 valence electrons. The molecule has 0 unspecified atom stereocenters. The lowest BCUT2D eigenvalue weighted by molar-refractivity contribution is -0.147. The Hall–Kier alpha value is -2.12. The molecule has 2 N–H and O–H groups in total. The van der Waals surface area contributed by atoms with E-state index in [1.54, 1.807) is 0 Å². The summed E-state index contributed by atoms with van der Waals surface area (Å²) < 4.78 is 38.1. The average molecular weight is 304 g/mol. The summed E-state index contributed by atoms with van der Waals surface area (Å²) in [5, 5.41) is 11.2. The third-order valence-electron chi connectivity index (χ3n) is 2.94. The van der Waals surface area contributed by atoms with E-state index in [2.05, 4.69) is 10.3 Å². The van der Waals surface area contributed by atoms with E-state index < -0.39 is 34.7 Å². The first kappa shape index (κ1) is 16.9. The topological polar surface area (TPSA) is 79.3 Å². The molecule has 0 saturated carbocycles. The predicted octanol–water partition coefficient (Wildman–Crippen LogP) is 2.33. The number of carboxylic acid groups (broad SMARTS) is 1. The number of carbonyl (C=O) groups excluding carboxylic acids is 1. The van der Waals surface area contributed by atoms with Gasteiger partial charge >= 0.3 is 12.1 Å². The highest BCUT2D eigenvalue weighted by molar-refractivity contribution is 5.95. The first-order chi connectivity index (χ1) is 9.55. The Morgan fingerprint density at radius 1 is 1.33 bits per heavy atom. The number of rotatable bonds is 5. The second kappa shape index (κ2) is 6.11. The van der Waals surface area contributed by atoms with Gasteiger partial charge in [0.25, 0.3) is 5.91 Å². The number of hydrogen-bond acceptors (Lipinski definition) is 3. The van der Waals surface area contributed by atoms with Gasteiger partial charge in [0.15, 0.2) is 5.69 Å². The molecule has 0 spiro atoms. The van der Waals surface area contributed by atoms with Crippen molar-refractivity contribution in [3.63, 3.8) is 0 Å². The Morgan fingerprint density at radius 3 is 2.48 bits per heavy atom. The second-order valence-electron chi connectivity index (χ2n) is 5.09. The van der Waals surface area contributed by atoms with Crippen LogP contribution in [0.25, 0.3) is 0 Å². The van der Waals surface area contributed by atoms with Gasteiger partial charge < -0.3 is 10.4 Å². The normalized spacial score (nSPS) is 12.0. The summed E-state index contributed by atoms with van der Waals surface area (Å²) in [5.41, 5.74) is -2.92. The van der Waals surface area contributed by atoms with Gasteiger partial charge in [0.1, 0.15) is 0 Å². The zero-order valence-electron chi connectivity index (χ0n) is 11.5. The van der Waals surface area contributed by atoms with Gasteiger partial charge in [-0.05, 0) is 32.4 Å². The van der Waals surface area contributed by atoms with Crippen LogP contribution in [0.15, 0.2) is 18.3 Å². The Balaban J connectivity index is 2.76. The maximum atomic E-state index is 12.7. The summed E-state index contributed by atoms with van der Waals surface area (Å²) in [7, 11) is 0. The van der Waals surface area contributed by atoms with Crippen molar-refractivity contribution in [1.82, 2.24) is 10.3 Å². The van der Waals surface area contributed by atoms with Gasteiger partial charge in [0.05, 0.1) is 11.0 Å². The molecule has 0 aromatic carbocycles. The minimum absolute atomic E-state index is 0.0513. The van der Waals surface area contributed by atoms with Crippen LogP contribution in [0, 0.1) is 5.41 Å². The fourth-order valence-electron chi connectivity index (χ4n) is 1.51. The van der Waals surface area contributed by atoms with E-state index in [1.165, 1.54) is 19.9 Å². The smallest absolute Gasteiger partial charge is 0.434 e. The van der Waals surface area contributed by atoms with Crippen LogP contribution >= 0.6 is 0 Å². The largest absolute Gasteiger partial charge is 0.481 e. The number of carbonyl (C=O) groups is 2. The lowest BCUT2D eigenvalue weighted by atomic mass is 9.89. The lowest BCUT2D eigenvalue weighted by Gasteiger charge is -2.19. The number of hydrogen-bond donors (Lipinski definition) is 2. The summed E-state index contributed by atoms with van der Waals surface area (Å²) in [4.78, 5) is 25.8. The maximum absolute atomic E-state index is 12.7. The van der Waals surface area contributed by atoms with Crippen molar-refractivity contribution in [2.75, 3.05) is 6.54 Å². The van der Waals surface area contributed by atoms with Crippen LogP contribution in [0.2, 0.25) is 0 Å². The number of nitrogens with one attached hydrogen (secondary N) is 1. The first-order valence-electron chi connectivity index (χ1n) is 6.09. The Morgan fingerprint density at radius 2 is 1.95 bits per heavy atom. The van der Waals surface area contributed by atoms with Crippen molar-refractivity contribution < 1.29 is 27.9 Å². The molecule has 1 rings (SSSR count). The number of amides is 1. The SMILES string of the molecule is CC(C)(CCNC(=O)c1cccnc1C(F)(F)F)C(=O)O. The lowest BCUT2D eigenvalue weighted by Crippen LogP contribution is -2.33. The molecule has 8 heteroatoms. The Bertz CT molecular complexity index is 542. The highest BCUT2D eigenvalue weighted by Gasteiger charge is 2.37. The quantitative estimate of drug-likeness (QED) is 0.875. The van der Waals surface area contributed by atoms with Crippen molar-refractivity contribution >= 4 is 11.9 Å². The van der Waals surface area contributed by atoms with Gasteiger partial charge in [-0.2, -0.15) is 13.2 Å². The summed E-state index contributed by atoms with van der Waals surface area (Å²) in [6.45, 7) is 2.88. The Labute approximate surface area is 119 Å². The number of halogens is 3. The van der Waals surface area contributed by atoms with Gasteiger partial charge in [-0.3, -0.25) is 14.6 Å². The molecule has 1 amide bonds. The molecule has 1 aromatic heterocycles. The van der Waals surface area contributed by atoms with Crippen molar-refractivity contribution in [1.29, 1.82) is 0 Å². The minimum Gasteiger partial charge on any atom is -0.481 e. The van der Waals surface area contributed by atoms with Crippen LogP contribution in [0.4, 0.5) is 13.2 Å². The van der Waals surface area contributed by atoms with Crippen molar-refractivity contribution in [2.24, 2.45) is 5.41 Å². The Kier molecular flexibility index (Phi) is 4.93. The fourth-order valence-corrected chi connectivity index (χ4v) is 1.51. The molecule has 0 fully saturated rings. The molecule has 5 nitrogen and oxygen atoms in total. The average Bonchev–Trinajstić information content (AvgIpc) is 2.37. The summed E-state index contributed by atoms with van der Waals surface area (Å²) in [6, 6.07) is 2.25. The molecule has 0 aliphatic carbocycles. The highest BCUT2D eigenvalue weighted by atomic mass is 19.4. The molecule has 0 saturated heterocycles. The van der Waals surface area contributed by atoms with E-state index in [4.69, 9.17) is 5.11 Å². The molecule has 0 aliphatic heterocycles. The zero-order chi connectivity index (χ0) is 16.3. The van der Waals surface area contributed by atoms with E-state index in [1.807, 2.05) is 0 Å². The van der Waals surface area contributed by atoms with Crippen molar-refractivity contribution in [3.8, 4) is 0 Å². The van der Waals surface area contributed by atoms with Gasteiger partial charge in [0, 0.05) is 12.7 Å². The van der Waals surface area contributed by atoms with Crippen LogP contribution in [-0.4, -0.2) is 28.5 Å². The van der Waals surface area contributed by atoms with E-state index in [-0.39, 0.29) is 13.0 Å². The molecule has 0 radical (unpaired) electrons. The van der Waals surface area contributed by atoms with Gasteiger partial charge in [-0.1, -0.05) is 0 Å². The highest BCUT2D eigenvalue weighted by Crippen LogP contribution is 2.30. The molecule has 1 aromatic rings. The number of aliphatic carboxylic acids is 1. The third kappa shape index (κ3) is 4.44. The van der Waals surface area contributed by atoms with E-state index in [0.717, 1.165) is 12.3 Å². The molecular weight excluding hydrogens is 289 g/mol. The number of nitrogens with zero attached hydrogens (tertiary/aromatic N) is 1. The molecule has 0 bridgehead atoms. The van der Waals surface area contributed by atoms with Gasteiger partial charge in [-0.25, -0.2) is 0 Å². The second-order valence-corrected chi connectivity index (χ2v) is 5.09. The van der Waals surface area contributed by atoms with E-state index in [0.29, 0.717) is 0 Å². The molecular formula is C13H15F3N2O3. The van der Waals surface area contributed by atoms with Gasteiger partial charge in [-0.15, -0.1) is 0 Å². The fraction of sp³-hybridized carbons (Fsp3) is 0.462. The number of alkyl halides is 3. The maximum Gasteiger partial charge on any atom is 0.434 e. The van der Waals surface area contributed by atoms with Crippen LogP contribution < -0.4 is 5.32 Å². The zero-order valence-corrected chi connectivity index (χ0v) is 11.5. The van der Waals surface area contributed by atoms with Crippen LogP contribution in [-0.2, 0) is 11.0 Å². The van der Waals surface area contributed by atoms with Gasteiger partial charge in [0.2, 0.25) is 0 Å². The number of carboxylic acids is 1. The summed E-state index contributed by atoms with van der Waals surface area (Å²) in [5.74, 6) is -1.98. The molecule has 0 aliphatic rings. The predicted molar refractivity (Wildman–Crippen MR) is 67.6 cm³/mol. The van der Waals surface area contributed by atoms with Crippen LogP contribution in [0.1, 0.15) is 36.3 Å². The van der Waals surface area contributed by atoms with Crippen molar-refractivity contribution in [3.05, 3.63) is 29.6 Å².